The summed E-state index contributed by atoms with van der Waals surface area (Å²) in [5.74, 6) is 0.440. The van der Waals surface area contributed by atoms with Gasteiger partial charge in [0.25, 0.3) is 0 Å². The van der Waals surface area contributed by atoms with E-state index in [2.05, 4.69) is 13.8 Å². The van der Waals surface area contributed by atoms with Gasteiger partial charge in [-0.1, -0.05) is 0 Å². The molecule has 1 N–H and O–H groups in total. The summed E-state index contributed by atoms with van der Waals surface area (Å²) in [6, 6.07) is 3.62. The third kappa shape index (κ3) is 1.66. The van der Waals surface area contributed by atoms with E-state index in [4.69, 9.17) is 2.78 Å². The van der Waals surface area contributed by atoms with Crippen LogP contribution in [-0.2, 0) is 19.4 Å². The third-order valence-electron chi connectivity index (χ3n) is 1.37. The fourth-order valence-electron chi connectivity index (χ4n) is 0.798. The van der Waals surface area contributed by atoms with Crippen LogP contribution in [-0.4, -0.2) is 4.98 Å². The number of hydrogen-bond acceptors (Lipinski definition) is 0. The maximum absolute atomic E-state index is 7.53. The number of pyridine rings is 1. The Balaban J connectivity index is 3.37. The second kappa shape index (κ2) is 3.29. The Morgan fingerprint density at radius 3 is 3.10 bits per heavy atom. The van der Waals surface area contributed by atoms with Gasteiger partial charge in [0, 0.05) is 0 Å². The molecular formula is C8H11NW. The first-order chi connectivity index (χ1) is 5.54. The Kier molecular flexibility index (Phi) is 1.81. The quantitative estimate of drug-likeness (QED) is 0.819. The molecule has 0 spiro atoms. The fourth-order valence-corrected chi connectivity index (χ4v) is 2.08. The molecule has 0 fully saturated rings. The molecular weight excluding hydrogens is 294 g/mol. The average Bonchev–Trinajstić information content (AvgIpc) is 2.00. The van der Waals surface area contributed by atoms with Gasteiger partial charge >= 0.3 is 74.4 Å². The summed E-state index contributed by atoms with van der Waals surface area (Å²) in [6.45, 7) is 4.21. The van der Waals surface area contributed by atoms with Gasteiger partial charge in [-0.25, -0.2) is 0 Å². The van der Waals surface area contributed by atoms with E-state index < -0.39 is 0 Å². The predicted molar refractivity (Wildman–Crippen MR) is 38.1 cm³/mol. The summed E-state index contributed by atoms with van der Waals surface area (Å²) in [4.78, 5) is 1.20. The van der Waals surface area contributed by atoms with E-state index >= 15 is 0 Å². The third-order valence-corrected chi connectivity index (χ3v) is 2.55. The van der Waals surface area contributed by atoms with E-state index in [1.54, 1.807) is 6.07 Å². The fraction of sp³-hybridized carbons (Fsp3) is 0.375. The van der Waals surface area contributed by atoms with Gasteiger partial charge in [-0.15, -0.1) is 0 Å². The summed E-state index contributed by atoms with van der Waals surface area (Å²) < 4.78 is 15.9. The molecule has 10 heavy (non-hydrogen) atoms. The van der Waals surface area contributed by atoms with Gasteiger partial charge in [0.1, 0.15) is 0 Å². The molecule has 1 aromatic rings. The van der Waals surface area contributed by atoms with Gasteiger partial charge in [-0.2, -0.15) is 0 Å². The molecule has 2 heteroatoms. The molecule has 0 atom stereocenters. The van der Waals surface area contributed by atoms with Gasteiger partial charge in [0.15, 0.2) is 0 Å². The Hall–Kier alpha value is -0.162. The number of aromatic nitrogens is 1. The van der Waals surface area contributed by atoms with Crippen molar-refractivity contribution in [2.24, 2.45) is 0 Å². The monoisotopic (exact) mass is 309 g/mol. The molecule has 0 radical (unpaired) electrons. The van der Waals surface area contributed by atoms with Crippen molar-refractivity contribution in [1.82, 2.24) is 4.98 Å². The zero-order chi connectivity index (χ0) is 9.30. The molecule has 1 nitrogen and oxygen atoms in total. The standard InChI is InChI=1S/C8H11N.W/c1-7(2)8-4-3-5-9-6-8;/h3-5,7,9H,1-2H3;/i5T;/hT. The minimum absolute atomic E-state index is 0.254. The van der Waals surface area contributed by atoms with Gasteiger partial charge in [0.05, 0.1) is 0 Å². The topological polar surface area (TPSA) is 15.8 Å². The summed E-state index contributed by atoms with van der Waals surface area (Å²) in [5.41, 5.74) is 1.18. The van der Waals surface area contributed by atoms with Crippen LogP contribution in [0.25, 0.3) is 0 Å². The zero-order valence-corrected chi connectivity index (χ0v) is 9.02. The molecule has 0 aliphatic carbocycles. The van der Waals surface area contributed by atoms with Gasteiger partial charge < -0.3 is 0 Å². The number of H-pyrrole nitrogens is 1. The molecule has 0 aliphatic rings. The summed E-state index contributed by atoms with van der Waals surface area (Å²) in [7, 11) is 0. The molecule has 54 valence electrons. The SMILES string of the molecule is [3H]c1ccc(C(C)C)[c](=[W])n1[3H]. The molecule has 0 bridgehead atoms. The Morgan fingerprint density at radius 2 is 2.50 bits per heavy atom. The maximum atomic E-state index is 7.53. The van der Waals surface area contributed by atoms with Crippen LogP contribution in [0.3, 0.4) is 0 Å². The van der Waals surface area contributed by atoms with Crippen molar-refractivity contribution in [2.75, 3.05) is 0 Å². The van der Waals surface area contributed by atoms with Crippen molar-refractivity contribution in [3.05, 3.63) is 27.5 Å². The van der Waals surface area contributed by atoms with E-state index in [1.165, 1.54) is 29.9 Å². The number of hydrogen-bond donors (Lipinski definition) is 1. The second-order valence-corrected chi connectivity index (χ2v) is 3.88. The van der Waals surface area contributed by atoms with Crippen LogP contribution in [0, 0.1) is 3.67 Å². The molecule has 1 heterocycles. The average molecular weight is 309 g/mol. The van der Waals surface area contributed by atoms with E-state index in [0.717, 1.165) is 3.67 Å². The molecule has 1 rings (SSSR count). The molecule has 0 unspecified atom stereocenters. The Bertz CT molecular complexity index is 343. The molecule has 0 saturated carbocycles. The molecule has 0 saturated heterocycles. The van der Waals surface area contributed by atoms with Crippen molar-refractivity contribution in [3.8, 4) is 0 Å². The minimum atomic E-state index is 0.254. The van der Waals surface area contributed by atoms with E-state index in [-0.39, 0.29) is 6.17 Å². The number of nitrogens with one attached hydrogen (secondary N) is 1. The molecule has 0 amide bonds. The van der Waals surface area contributed by atoms with Crippen molar-refractivity contribution in [3.63, 3.8) is 0 Å². The summed E-state index contributed by atoms with van der Waals surface area (Å²) in [5, 5.41) is 0. The van der Waals surface area contributed by atoms with Gasteiger partial charge in [-0.3, -0.25) is 0 Å². The van der Waals surface area contributed by atoms with Crippen LogP contribution < -0.4 is 0 Å². The summed E-state index contributed by atoms with van der Waals surface area (Å²) >= 11 is 1.25. The van der Waals surface area contributed by atoms with Crippen LogP contribution in [0.5, 0.6) is 0 Å². The van der Waals surface area contributed by atoms with Crippen LogP contribution in [0.15, 0.2) is 18.3 Å². The Morgan fingerprint density at radius 1 is 1.80 bits per heavy atom. The van der Waals surface area contributed by atoms with Gasteiger partial charge in [-0.05, 0) is 0 Å². The van der Waals surface area contributed by atoms with E-state index in [1.807, 2.05) is 6.07 Å². The van der Waals surface area contributed by atoms with Crippen LogP contribution in [0.2, 0.25) is 1.41 Å². The van der Waals surface area contributed by atoms with E-state index in [9.17, 15) is 0 Å². The van der Waals surface area contributed by atoms with Crippen molar-refractivity contribution in [1.29, 1.82) is 0 Å². The summed E-state index contributed by atoms with van der Waals surface area (Å²) in [6.07, 6.45) is 0.254. The van der Waals surface area contributed by atoms with Crippen molar-refractivity contribution in [2.45, 2.75) is 19.8 Å². The molecule has 0 aromatic carbocycles. The van der Waals surface area contributed by atoms with Gasteiger partial charge in [0.2, 0.25) is 0 Å². The molecule has 0 aliphatic heterocycles. The van der Waals surface area contributed by atoms with Crippen LogP contribution in [0.1, 0.15) is 26.7 Å². The number of aromatic amines is 1. The van der Waals surface area contributed by atoms with Crippen molar-refractivity contribution < 1.29 is 22.1 Å². The predicted octanol–water partition coefficient (Wildman–Crippen LogP) is 2.22. The number of rotatable bonds is 1. The van der Waals surface area contributed by atoms with Crippen molar-refractivity contribution >= 4 is 0 Å². The molecule has 1 aromatic heterocycles. The first kappa shape index (κ1) is 5.48. The Labute approximate surface area is 74.8 Å². The van der Waals surface area contributed by atoms with Crippen LogP contribution in [0.4, 0.5) is 0 Å². The first-order valence-corrected chi connectivity index (χ1v) is 4.72. The first-order valence-electron chi connectivity index (χ1n) is 4.20. The normalized spacial score (nSPS) is 13.1. The van der Waals surface area contributed by atoms with E-state index in [0.29, 0.717) is 5.92 Å². The second-order valence-electron chi connectivity index (χ2n) is 2.49. The zero-order valence-electron chi connectivity index (χ0n) is 8.09. The van der Waals surface area contributed by atoms with Crippen LogP contribution >= 0.6 is 0 Å².